The van der Waals surface area contributed by atoms with Crippen molar-refractivity contribution < 1.29 is 0 Å². The Kier molecular flexibility index (Phi) is 4.94. The second-order valence-electron chi connectivity index (χ2n) is 2.84. The van der Waals surface area contributed by atoms with Crippen LogP contribution in [0.2, 0.25) is 10.2 Å². The van der Waals surface area contributed by atoms with E-state index in [-0.39, 0.29) is 0 Å². The van der Waals surface area contributed by atoms with E-state index in [1.54, 1.807) is 12.3 Å². The molecule has 0 aliphatic carbocycles. The SMILES string of the molecule is CNCCC=Cc1cnc(Cl)c(Cl)c1. The van der Waals surface area contributed by atoms with Gasteiger partial charge in [-0.05, 0) is 31.6 Å². The van der Waals surface area contributed by atoms with Crippen molar-refractivity contribution >= 4 is 29.3 Å². The largest absolute Gasteiger partial charge is 0.319 e. The Morgan fingerprint density at radius 1 is 1.50 bits per heavy atom. The summed E-state index contributed by atoms with van der Waals surface area (Å²) in [7, 11) is 1.93. The minimum Gasteiger partial charge on any atom is -0.319 e. The van der Waals surface area contributed by atoms with Gasteiger partial charge in [-0.25, -0.2) is 4.98 Å². The Bertz CT molecular complexity index is 324. The van der Waals surface area contributed by atoms with Crippen LogP contribution in [0.15, 0.2) is 18.3 Å². The van der Waals surface area contributed by atoms with Crippen LogP contribution in [0.1, 0.15) is 12.0 Å². The number of nitrogens with zero attached hydrogens (tertiary/aromatic N) is 1. The first-order valence-electron chi connectivity index (χ1n) is 4.36. The molecular weight excluding hydrogens is 219 g/mol. The highest BCUT2D eigenvalue weighted by Gasteiger charge is 1.97. The van der Waals surface area contributed by atoms with Crippen molar-refractivity contribution in [3.63, 3.8) is 0 Å². The number of hydrogen-bond donors (Lipinski definition) is 1. The van der Waals surface area contributed by atoms with E-state index in [2.05, 4.69) is 16.4 Å². The molecule has 1 aromatic heterocycles. The molecule has 2 nitrogen and oxygen atoms in total. The molecule has 0 fully saturated rings. The third-order valence-corrected chi connectivity index (χ3v) is 2.37. The molecule has 0 unspecified atom stereocenters. The van der Waals surface area contributed by atoms with Gasteiger partial charge in [0.2, 0.25) is 0 Å². The highest BCUT2D eigenvalue weighted by Crippen LogP contribution is 2.20. The highest BCUT2D eigenvalue weighted by atomic mass is 35.5. The molecule has 0 amide bonds. The van der Waals surface area contributed by atoms with E-state index in [4.69, 9.17) is 23.2 Å². The van der Waals surface area contributed by atoms with Crippen LogP contribution in [0.4, 0.5) is 0 Å². The van der Waals surface area contributed by atoms with E-state index in [1.807, 2.05) is 13.1 Å². The monoisotopic (exact) mass is 230 g/mol. The summed E-state index contributed by atoms with van der Waals surface area (Å²) in [6.45, 7) is 0.964. The van der Waals surface area contributed by atoms with Crippen LogP contribution in [0, 0.1) is 0 Å². The van der Waals surface area contributed by atoms with E-state index in [0.29, 0.717) is 10.2 Å². The first-order chi connectivity index (χ1) is 6.74. The van der Waals surface area contributed by atoms with Crippen molar-refractivity contribution in [3.05, 3.63) is 34.1 Å². The number of aromatic nitrogens is 1. The van der Waals surface area contributed by atoms with Crippen LogP contribution in [0.3, 0.4) is 0 Å². The topological polar surface area (TPSA) is 24.9 Å². The Labute approximate surface area is 93.9 Å². The number of rotatable bonds is 4. The Morgan fingerprint density at radius 3 is 2.93 bits per heavy atom. The zero-order chi connectivity index (χ0) is 10.4. The summed E-state index contributed by atoms with van der Waals surface area (Å²) in [5.41, 5.74) is 0.968. The zero-order valence-electron chi connectivity index (χ0n) is 7.93. The fourth-order valence-corrected chi connectivity index (χ4v) is 1.25. The lowest BCUT2D eigenvalue weighted by Crippen LogP contribution is -2.05. The number of hydrogen-bond acceptors (Lipinski definition) is 2. The average Bonchev–Trinajstić information content (AvgIpc) is 2.18. The fraction of sp³-hybridized carbons (Fsp3) is 0.300. The van der Waals surface area contributed by atoms with E-state index in [0.717, 1.165) is 18.5 Å². The van der Waals surface area contributed by atoms with Gasteiger partial charge in [0.15, 0.2) is 0 Å². The molecule has 1 rings (SSSR count). The van der Waals surface area contributed by atoms with Crippen LogP contribution < -0.4 is 5.32 Å². The fourth-order valence-electron chi connectivity index (χ4n) is 0.974. The van der Waals surface area contributed by atoms with Crippen molar-refractivity contribution in [2.24, 2.45) is 0 Å². The van der Waals surface area contributed by atoms with Crippen LogP contribution in [0.5, 0.6) is 0 Å². The van der Waals surface area contributed by atoms with Crippen LogP contribution in [-0.2, 0) is 0 Å². The second-order valence-corrected chi connectivity index (χ2v) is 3.60. The molecule has 0 radical (unpaired) electrons. The van der Waals surface area contributed by atoms with Gasteiger partial charge >= 0.3 is 0 Å². The van der Waals surface area contributed by atoms with Gasteiger partial charge in [0.05, 0.1) is 5.02 Å². The van der Waals surface area contributed by atoms with Gasteiger partial charge in [-0.1, -0.05) is 35.4 Å². The van der Waals surface area contributed by atoms with Crippen molar-refractivity contribution in [1.82, 2.24) is 10.3 Å². The molecular formula is C10H12Cl2N2. The maximum atomic E-state index is 5.81. The molecule has 1 heterocycles. The smallest absolute Gasteiger partial charge is 0.147 e. The summed E-state index contributed by atoms with van der Waals surface area (Å²) in [5, 5.41) is 3.90. The molecule has 0 aliphatic rings. The van der Waals surface area contributed by atoms with Crippen LogP contribution in [0.25, 0.3) is 6.08 Å². The lowest BCUT2D eigenvalue weighted by molar-refractivity contribution is 0.809. The predicted octanol–water partition coefficient (Wildman–Crippen LogP) is 3.01. The Morgan fingerprint density at radius 2 is 2.29 bits per heavy atom. The quantitative estimate of drug-likeness (QED) is 0.636. The lowest BCUT2D eigenvalue weighted by atomic mass is 10.2. The minimum absolute atomic E-state index is 0.346. The standard InChI is InChI=1S/C10H12Cl2N2/c1-13-5-3-2-4-8-6-9(11)10(12)14-7-8/h2,4,6-7,13H,3,5H2,1H3. The Balaban J connectivity index is 2.59. The first kappa shape index (κ1) is 11.5. The summed E-state index contributed by atoms with van der Waals surface area (Å²) in [4.78, 5) is 3.94. The first-order valence-corrected chi connectivity index (χ1v) is 5.12. The van der Waals surface area contributed by atoms with Gasteiger partial charge < -0.3 is 5.32 Å². The summed E-state index contributed by atoms with van der Waals surface area (Å²) in [6, 6.07) is 1.80. The molecule has 0 aromatic carbocycles. The van der Waals surface area contributed by atoms with Crippen molar-refractivity contribution in [2.75, 3.05) is 13.6 Å². The van der Waals surface area contributed by atoms with Crippen LogP contribution >= 0.6 is 23.2 Å². The van der Waals surface area contributed by atoms with Crippen molar-refractivity contribution in [1.29, 1.82) is 0 Å². The molecule has 0 saturated heterocycles. The molecule has 14 heavy (non-hydrogen) atoms. The normalized spacial score (nSPS) is 11.1. The maximum Gasteiger partial charge on any atom is 0.147 e. The maximum absolute atomic E-state index is 5.81. The predicted molar refractivity (Wildman–Crippen MR) is 61.8 cm³/mol. The molecule has 0 spiro atoms. The summed E-state index contributed by atoms with van der Waals surface area (Å²) < 4.78 is 0. The molecule has 0 aliphatic heterocycles. The molecule has 1 aromatic rings. The lowest BCUT2D eigenvalue weighted by Gasteiger charge is -1.96. The molecule has 0 atom stereocenters. The van der Waals surface area contributed by atoms with Gasteiger partial charge in [-0.15, -0.1) is 0 Å². The third-order valence-electron chi connectivity index (χ3n) is 1.69. The molecule has 0 saturated carbocycles. The third kappa shape index (κ3) is 3.66. The Hall–Kier alpha value is -0.570. The molecule has 76 valence electrons. The zero-order valence-corrected chi connectivity index (χ0v) is 9.44. The van der Waals surface area contributed by atoms with Gasteiger partial charge in [0.25, 0.3) is 0 Å². The molecule has 0 bridgehead atoms. The summed E-state index contributed by atoms with van der Waals surface area (Å²) >= 11 is 11.5. The van der Waals surface area contributed by atoms with Crippen LogP contribution in [-0.4, -0.2) is 18.6 Å². The summed E-state index contributed by atoms with van der Waals surface area (Å²) in [6.07, 6.45) is 6.73. The molecule has 4 heteroatoms. The average molecular weight is 231 g/mol. The number of halogens is 2. The summed E-state index contributed by atoms with van der Waals surface area (Å²) in [5.74, 6) is 0. The minimum atomic E-state index is 0.346. The second kappa shape index (κ2) is 6.02. The van der Waals surface area contributed by atoms with Gasteiger partial charge in [0, 0.05) is 6.20 Å². The van der Waals surface area contributed by atoms with E-state index < -0.39 is 0 Å². The van der Waals surface area contributed by atoms with Gasteiger partial charge in [-0.3, -0.25) is 0 Å². The van der Waals surface area contributed by atoms with E-state index in [9.17, 15) is 0 Å². The molecule has 1 N–H and O–H groups in total. The highest BCUT2D eigenvalue weighted by molar-refractivity contribution is 6.41. The van der Waals surface area contributed by atoms with Gasteiger partial charge in [0.1, 0.15) is 5.15 Å². The van der Waals surface area contributed by atoms with E-state index in [1.165, 1.54) is 0 Å². The van der Waals surface area contributed by atoms with Crippen molar-refractivity contribution in [3.8, 4) is 0 Å². The number of pyridine rings is 1. The van der Waals surface area contributed by atoms with Crippen molar-refractivity contribution in [2.45, 2.75) is 6.42 Å². The van der Waals surface area contributed by atoms with Gasteiger partial charge in [-0.2, -0.15) is 0 Å². The number of nitrogens with one attached hydrogen (secondary N) is 1. The van der Waals surface area contributed by atoms with E-state index >= 15 is 0 Å².